The second kappa shape index (κ2) is 7.53. The van der Waals surface area contributed by atoms with E-state index in [2.05, 4.69) is 12.2 Å². The van der Waals surface area contributed by atoms with Gasteiger partial charge in [0.25, 0.3) is 0 Å². The number of ether oxygens (including phenoxy) is 1. The summed E-state index contributed by atoms with van der Waals surface area (Å²) in [6, 6.07) is 6.02. The van der Waals surface area contributed by atoms with Crippen molar-refractivity contribution in [1.29, 1.82) is 0 Å². The molecule has 1 aromatic rings. The molecule has 0 amide bonds. The van der Waals surface area contributed by atoms with Crippen LogP contribution in [0.4, 0.5) is 13.2 Å². The minimum absolute atomic E-state index is 0.0154. The van der Waals surface area contributed by atoms with Crippen LogP contribution >= 0.6 is 0 Å². The number of rotatable bonds is 7. The molecule has 1 unspecified atom stereocenters. The van der Waals surface area contributed by atoms with Crippen molar-refractivity contribution in [2.45, 2.75) is 45.8 Å². The molecule has 2 nitrogen and oxygen atoms in total. The summed E-state index contributed by atoms with van der Waals surface area (Å²) in [6.07, 6.45) is -4.93. The fraction of sp³-hybridized carbons (Fsp3) is 0.600. The van der Waals surface area contributed by atoms with Crippen LogP contribution in [-0.2, 0) is 0 Å². The fourth-order valence-corrected chi connectivity index (χ4v) is 1.98. The van der Waals surface area contributed by atoms with Crippen LogP contribution in [0.25, 0.3) is 0 Å². The zero-order valence-corrected chi connectivity index (χ0v) is 12.2. The van der Waals surface area contributed by atoms with Crippen molar-refractivity contribution < 1.29 is 17.9 Å². The van der Waals surface area contributed by atoms with Gasteiger partial charge in [-0.2, -0.15) is 13.2 Å². The van der Waals surface area contributed by atoms with E-state index in [1.807, 2.05) is 32.0 Å². The molecule has 20 heavy (non-hydrogen) atoms. The van der Waals surface area contributed by atoms with Crippen molar-refractivity contribution in [2.75, 3.05) is 13.2 Å². The Balaban J connectivity index is 2.52. The van der Waals surface area contributed by atoms with Crippen molar-refractivity contribution in [3.8, 4) is 5.75 Å². The maximum absolute atomic E-state index is 12.0. The summed E-state index contributed by atoms with van der Waals surface area (Å²) >= 11 is 0. The van der Waals surface area contributed by atoms with E-state index in [-0.39, 0.29) is 19.1 Å². The fourth-order valence-electron chi connectivity index (χ4n) is 1.98. The molecular weight excluding hydrogens is 267 g/mol. The van der Waals surface area contributed by atoms with Gasteiger partial charge in [0.05, 0.1) is 6.61 Å². The number of benzene rings is 1. The number of aryl methyl sites for hydroxylation is 1. The summed E-state index contributed by atoms with van der Waals surface area (Å²) in [6.45, 7) is 6.99. The minimum atomic E-state index is -4.11. The Morgan fingerprint density at radius 3 is 2.55 bits per heavy atom. The molecule has 1 N–H and O–H groups in total. The minimum Gasteiger partial charge on any atom is -0.493 e. The summed E-state index contributed by atoms with van der Waals surface area (Å²) in [4.78, 5) is 0. The van der Waals surface area contributed by atoms with Gasteiger partial charge in [-0.15, -0.1) is 0 Å². The van der Waals surface area contributed by atoms with Crippen LogP contribution < -0.4 is 10.1 Å². The average molecular weight is 289 g/mol. The largest absolute Gasteiger partial charge is 0.493 e. The Labute approximate surface area is 118 Å². The van der Waals surface area contributed by atoms with Gasteiger partial charge >= 0.3 is 6.18 Å². The van der Waals surface area contributed by atoms with Crippen LogP contribution in [0.2, 0.25) is 0 Å². The SMILES string of the molecule is CCNC(C)c1ccc(OCCCC(F)(F)F)c(C)c1. The number of hydrogen-bond donors (Lipinski definition) is 1. The lowest BCUT2D eigenvalue weighted by Crippen LogP contribution is -2.17. The molecule has 0 saturated heterocycles. The van der Waals surface area contributed by atoms with Crippen LogP contribution in [0.5, 0.6) is 5.75 Å². The Morgan fingerprint density at radius 2 is 2.00 bits per heavy atom. The standard InChI is InChI=1S/C15H22F3NO/c1-4-19-12(3)13-6-7-14(11(2)10-13)20-9-5-8-15(16,17)18/h6-7,10,12,19H,4-5,8-9H2,1-3H3. The predicted molar refractivity (Wildman–Crippen MR) is 74.1 cm³/mol. The van der Waals surface area contributed by atoms with E-state index in [9.17, 15) is 13.2 Å². The molecule has 0 aliphatic heterocycles. The van der Waals surface area contributed by atoms with Gasteiger partial charge in [0, 0.05) is 12.5 Å². The van der Waals surface area contributed by atoms with E-state index in [4.69, 9.17) is 4.74 Å². The highest BCUT2D eigenvalue weighted by molar-refractivity contribution is 5.37. The lowest BCUT2D eigenvalue weighted by molar-refractivity contribution is -0.136. The highest BCUT2D eigenvalue weighted by Gasteiger charge is 2.26. The third-order valence-electron chi connectivity index (χ3n) is 3.07. The van der Waals surface area contributed by atoms with Crippen molar-refractivity contribution in [3.63, 3.8) is 0 Å². The molecule has 1 atom stereocenters. The van der Waals surface area contributed by atoms with Crippen LogP contribution in [0.1, 0.15) is 43.9 Å². The third kappa shape index (κ3) is 5.82. The first-order chi connectivity index (χ1) is 9.33. The maximum Gasteiger partial charge on any atom is 0.389 e. The van der Waals surface area contributed by atoms with Gasteiger partial charge in [0.15, 0.2) is 0 Å². The number of halogens is 3. The van der Waals surface area contributed by atoms with E-state index in [1.165, 1.54) is 0 Å². The average Bonchev–Trinajstić information content (AvgIpc) is 2.35. The Bertz CT molecular complexity index is 418. The molecule has 0 aliphatic rings. The number of nitrogens with one attached hydrogen (secondary N) is 1. The molecule has 0 aromatic heterocycles. The van der Waals surface area contributed by atoms with Crippen LogP contribution in [-0.4, -0.2) is 19.3 Å². The van der Waals surface area contributed by atoms with Crippen LogP contribution in [0.15, 0.2) is 18.2 Å². The first-order valence-corrected chi connectivity index (χ1v) is 6.87. The Morgan fingerprint density at radius 1 is 1.30 bits per heavy atom. The van der Waals surface area contributed by atoms with Crippen molar-refractivity contribution in [1.82, 2.24) is 5.32 Å². The van der Waals surface area contributed by atoms with Crippen molar-refractivity contribution in [2.24, 2.45) is 0 Å². The summed E-state index contributed by atoms with van der Waals surface area (Å²) < 4.78 is 41.4. The first kappa shape index (κ1) is 16.8. The van der Waals surface area contributed by atoms with Gasteiger partial charge in [-0.05, 0) is 44.0 Å². The smallest absolute Gasteiger partial charge is 0.389 e. The second-order valence-electron chi connectivity index (χ2n) is 4.87. The van der Waals surface area contributed by atoms with Gasteiger partial charge in [-0.3, -0.25) is 0 Å². The van der Waals surface area contributed by atoms with Crippen molar-refractivity contribution in [3.05, 3.63) is 29.3 Å². The predicted octanol–water partition coefficient (Wildman–Crippen LogP) is 4.39. The molecular formula is C15H22F3NO. The number of hydrogen-bond acceptors (Lipinski definition) is 2. The third-order valence-corrected chi connectivity index (χ3v) is 3.07. The molecule has 0 aliphatic carbocycles. The molecule has 0 spiro atoms. The molecule has 1 rings (SSSR count). The summed E-state index contributed by atoms with van der Waals surface area (Å²) in [7, 11) is 0. The lowest BCUT2D eigenvalue weighted by atomic mass is 10.1. The molecule has 114 valence electrons. The first-order valence-electron chi connectivity index (χ1n) is 6.87. The summed E-state index contributed by atoms with van der Waals surface area (Å²) in [5.74, 6) is 0.652. The number of alkyl halides is 3. The van der Waals surface area contributed by atoms with Crippen LogP contribution in [0, 0.1) is 6.92 Å². The second-order valence-corrected chi connectivity index (χ2v) is 4.87. The Kier molecular flexibility index (Phi) is 6.33. The van der Waals surface area contributed by atoms with Gasteiger partial charge in [0.2, 0.25) is 0 Å². The van der Waals surface area contributed by atoms with Crippen LogP contribution in [0.3, 0.4) is 0 Å². The van der Waals surface area contributed by atoms with Crippen molar-refractivity contribution >= 4 is 0 Å². The van der Waals surface area contributed by atoms with Gasteiger partial charge < -0.3 is 10.1 Å². The van der Waals surface area contributed by atoms with Gasteiger partial charge in [0.1, 0.15) is 5.75 Å². The Hall–Kier alpha value is -1.23. The molecule has 0 radical (unpaired) electrons. The monoisotopic (exact) mass is 289 g/mol. The summed E-state index contributed by atoms with van der Waals surface area (Å²) in [5, 5.41) is 3.31. The zero-order valence-electron chi connectivity index (χ0n) is 12.2. The molecule has 0 heterocycles. The highest BCUT2D eigenvalue weighted by Crippen LogP contribution is 2.24. The van der Waals surface area contributed by atoms with E-state index in [0.717, 1.165) is 17.7 Å². The normalized spacial score (nSPS) is 13.3. The molecule has 5 heteroatoms. The van der Waals surface area contributed by atoms with E-state index >= 15 is 0 Å². The molecule has 1 aromatic carbocycles. The quantitative estimate of drug-likeness (QED) is 0.752. The van der Waals surface area contributed by atoms with E-state index in [1.54, 1.807) is 0 Å². The molecule has 0 bridgehead atoms. The highest BCUT2D eigenvalue weighted by atomic mass is 19.4. The maximum atomic E-state index is 12.0. The topological polar surface area (TPSA) is 21.3 Å². The summed E-state index contributed by atoms with van der Waals surface area (Å²) in [5.41, 5.74) is 2.09. The van der Waals surface area contributed by atoms with E-state index < -0.39 is 12.6 Å². The molecule has 0 fully saturated rings. The molecule has 0 saturated carbocycles. The lowest BCUT2D eigenvalue weighted by Gasteiger charge is -2.16. The zero-order chi connectivity index (χ0) is 15.2. The van der Waals surface area contributed by atoms with Gasteiger partial charge in [-0.25, -0.2) is 0 Å². The van der Waals surface area contributed by atoms with E-state index in [0.29, 0.717) is 5.75 Å². The van der Waals surface area contributed by atoms with Gasteiger partial charge in [-0.1, -0.05) is 19.1 Å².